The highest BCUT2D eigenvalue weighted by atomic mass is 15.1. The van der Waals surface area contributed by atoms with Gasteiger partial charge in [-0.1, -0.05) is 115 Å². The molecular weight excluding hydrogens is 542 g/mol. The van der Waals surface area contributed by atoms with Gasteiger partial charge in [0.05, 0.1) is 0 Å². The maximum absolute atomic E-state index is 2.63. The fourth-order valence-electron chi connectivity index (χ4n) is 8.80. The second kappa shape index (κ2) is 9.43. The summed E-state index contributed by atoms with van der Waals surface area (Å²) in [5, 5.41) is 16.5. The van der Waals surface area contributed by atoms with E-state index in [1.807, 2.05) is 0 Å². The third kappa shape index (κ3) is 3.39. The number of fused-ring (bicyclic) bond motifs is 6. The van der Waals surface area contributed by atoms with Crippen LogP contribution < -0.4 is 4.90 Å². The minimum Gasteiger partial charge on any atom is -0.371 e. The molecule has 10 rings (SSSR count). The maximum Gasteiger partial charge on any atom is 0.0446 e. The fourth-order valence-corrected chi connectivity index (χ4v) is 8.80. The van der Waals surface area contributed by atoms with E-state index in [4.69, 9.17) is 0 Å². The van der Waals surface area contributed by atoms with Crippen LogP contribution in [-0.2, 0) is 0 Å². The quantitative estimate of drug-likeness (QED) is 0.202. The molecule has 1 fully saturated rings. The Hall–Kier alpha value is -5.14. The number of hydrogen-bond acceptors (Lipinski definition) is 1. The molecule has 0 unspecified atom stereocenters. The number of nitrogens with zero attached hydrogens (tertiary/aromatic N) is 1. The summed E-state index contributed by atoms with van der Waals surface area (Å²) in [5.41, 5.74) is 8.02. The molecular formula is C44H33N. The van der Waals surface area contributed by atoms with Crippen molar-refractivity contribution in [2.45, 2.75) is 26.2 Å². The summed E-state index contributed by atoms with van der Waals surface area (Å²) in [6, 6.07) is 45.9. The minimum atomic E-state index is 1.14. The fraction of sp³-hybridized carbons (Fsp3) is 0.136. The molecule has 0 aliphatic carbocycles. The SMILES string of the molecule is Cc1ccc2c3c(-c4ccccc4)c4c5cccc6c(N7CCCCC7)ccc(c4c(-c4ccccc4)c3c3cccc1c23)c65. The standard InChI is InChI=1S/C44H33N/c1-27-21-22-34-39-30(27)17-11-19-32(39)41-37(28-13-5-2-6-14-28)44-35-23-24-36(45-25-9-4-10-26-45)31-18-12-20-33(40(31)35)42(44)38(43(34)41)29-15-7-3-8-16-29/h2-3,5-8,11-24H,4,9-10,25-26H2,1H3. The van der Waals surface area contributed by atoms with E-state index >= 15 is 0 Å². The van der Waals surface area contributed by atoms with Gasteiger partial charge in [-0.05, 0) is 119 Å². The zero-order valence-electron chi connectivity index (χ0n) is 25.5. The summed E-state index contributed by atoms with van der Waals surface area (Å²) in [7, 11) is 0. The van der Waals surface area contributed by atoms with Crippen LogP contribution in [0.25, 0.3) is 86.9 Å². The number of piperidine rings is 1. The van der Waals surface area contributed by atoms with Crippen molar-refractivity contribution in [1.82, 2.24) is 0 Å². The van der Waals surface area contributed by atoms with Gasteiger partial charge in [0, 0.05) is 24.2 Å². The van der Waals surface area contributed by atoms with Crippen molar-refractivity contribution in [2.75, 3.05) is 18.0 Å². The Morgan fingerprint density at radius 1 is 0.378 bits per heavy atom. The van der Waals surface area contributed by atoms with E-state index in [1.54, 1.807) is 0 Å². The number of hydrogen-bond donors (Lipinski definition) is 0. The van der Waals surface area contributed by atoms with Crippen molar-refractivity contribution in [1.29, 1.82) is 0 Å². The first-order chi connectivity index (χ1) is 22.3. The number of aryl methyl sites for hydroxylation is 1. The molecule has 1 saturated heterocycles. The first-order valence-electron chi connectivity index (χ1n) is 16.5. The van der Waals surface area contributed by atoms with E-state index in [0.717, 1.165) is 13.1 Å². The zero-order valence-corrected chi connectivity index (χ0v) is 25.5. The third-order valence-corrected chi connectivity index (χ3v) is 10.7. The van der Waals surface area contributed by atoms with Crippen LogP contribution in [-0.4, -0.2) is 13.1 Å². The molecule has 0 bridgehead atoms. The van der Waals surface area contributed by atoms with E-state index in [2.05, 4.69) is 133 Å². The van der Waals surface area contributed by atoms with Gasteiger partial charge < -0.3 is 4.90 Å². The van der Waals surface area contributed by atoms with Gasteiger partial charge in [0.15, 0.2) is 0 Å². The van der Waals surface area contributed by atoms with Crippen molar-refractivity contribution in [2.24, 2.45) is 0 Å². The molecule has 1 heteroatoms. The molecule has 0 spiro atoms. The molecule has 9 aromatic carbocycles. The summed E-state index contributed by atoms with van der Waals surface area (Å²) in [6.07, 6.45) is 3.89. The van der Waals surface area contributed by atoms with E-state index < -0.39 is 0 Å². The van der Waals surface area contributed by atoms with Crippen molar-refractivity contribution >= 4 is 70.3 Å². The monoisotopic (exact) mass is 575 g/mol. The highest BCUT2D eigenvalue weighted by Crippen LogP contribution is 2.56. The highest BCUT2D eigenvalue weighted by Gasteiger charge is 2.28. The minimum absolute atomic E-state index is 1.14. The van der Waals surface area contributed by atoms with Gasteiger partial charge in [-0.3, -0.25) is 0 Å². The first kappa shape index (κ1) is 25.2. The lowest BCUT2D eigenvalue weighted by Crippen LogP contribution is -2.29. The number of anilines is 1. The van der Waals surface area contributed by atoms with Crippen molar-refractivity contribution in [3.05, 3.63) is 127 Å². The van der Waals surface area contributed by atoms with Gasteiger partial charge in [0.1, 0.15) is 0 Å². The lowest BCUT2D eigenvalue weighted by molar-refractivity contribution is 0.579. The molecule has 0 N–H and O–H groups in total. The maximum atomic E-state index is 2.63. The molecule has 0 amide bonds. The van der Waals surface area contributed by atoms with Gasteiger partial charge in [-0.25, -0.2) is 0 Å². The summed E-state index contributed by atoms with van der Waals surface area (Å²) < 4.78 is 0. The Morgan fingerprint density at radius 2 is 0.844 bits per heavy atom. The van der Waals surface area contributed by atoms with Crippen LogP contribution in [0.4, 0.5) is 5.69 Å². The van der Waals surface area contributed by atoms with Gasteiger partial charge >= 0.3 is 0 Å². The molecule has 1 aliphatic heterocycles. The molecule has 9 aromatic rings. The van der Waals surface area contributed by atoms with E-state index in [0.29, 0.717) is 0 Å². The van der Waals surface area contributed by atoms with Crippen LogP contribution in [0, 0.1) is 6.92 Å². The predicted octanol–water partition coefficient (Wildman–Crippen LogP) is 12.1. The van der Waals surface area contributed by atoms with E-state index in [-0.39, 0.29) is 0 Å². The average molecular weight is 576 g/mol. The molecule has 214 valence electrons. The Bertz CT molecular complexity index is 2460. The van der Waals surface area contributed by atoms with Gasteiger partial charge in [0.25, 0.3) is 0 Å². The van der Waals surface area contributed by atoms with Crippen LogP contribution in [0.15, 0.2) is 121 Å². The topological polar surface area (TPSA) is 3.24 Å². The van der Waals surface area contributed by atoms with Crippen LogP contribution >= 0.6 is 0 Å². The number of rotatable bonds is 3. The Kier molecular flexibility index (Phi) is 5.28. The van der Waals surface area contributed by atoms with Crippen LogP contribution in [0.3, 0.4) is 0 Å². The van der Waals surface area contributed by atoms with E-state index in [1.165, 1.54) is 117 Å². The second-order valence-corrected chi connectivity index (χ2v) is 13.0. The Labute approximate surface area is 263 Å². The van der Waals surface area contributed by atoms with Crippen LogP contribution in [0.2, 0.25) is 0 Å². The summed E-state index contributed by atoms with van der Waals surface area (Å²) in [4.78, 5) is 2.63. The highest BCUT2D eigenvalue weighted by molar-refractivity contribution is 6.46. The average Bonchev–Trinajstić information content (AvgIpc) is 3.61. The predicted molar refractivity (Wildman–Crippen MR) is 196 cm³/mol. The molecule has 1 heterocycles. The summed E-state index contributed by atoms with van der Waals surface area (Å²) in [5.74, 6) is 0. The first-order valence-corrected chi connectivity index (χ1v) is 16.5. The zero-order chi connectivity index (χ0) is 29.6. The van der Waals surface area contributed by atoms with Crippen molar-refractivity contribution in [3.63, 3.8) is 0 Å². The Balaban J connectivity index is 1.52. The molecule has 0 radical (unpaired) electrons. The molecule has 0 aromatic heterocycles. The van der Waals surface area contributed by atoms with Crippen LogP contribution in [0.5, 0.6) is 0 Å². The summed E-state index contributed by atoms with van der Waals surface area (Å²) >= 11 is 0. The van der Waals surface area contributed by atoms with E-state index in [9.17, 15) is 0 Å². The Morgan fingerprint density at radius 3 is 1.42 bits per heavy atom. The van der Waals surface area contributed by atoms with Gasteiger partial charge in [-0.2, -0.15) is 0 Å². The lowest BCUT2D eigenvalue weighted by Gasteiger charge is -2.30. The molecule has 0 saturated carbocycles. The summed E-state index contributed by atoms with van der Waals surface area (Å²) in [6.45, 7) is 4.54. The lowest BCUT2D eigenvalue weighted by atomic mass is 9.87. The molecule has 0 atom stereocenters. The third-order valence-electron chi connectivity index (χ3n) is 10.7. The van der Waals surface area contributed by atoms with Crippen LogP contribution in [0.1, 0.15) is 24.8 Å². The van der Waals surface area contributed by atoms with Crippen molar-refractivity contribution in [3.8, 4) is 22.3 Å². The van der Waals surface area contributed by atoms with Crippen molar-refractivity contribution < 1.29 is 0 Å². The smallest absolute Gasteiger partial charge is 0.0446 e. The molecule has 45 heavy (non-hydrogen) atoms. The van der Waals surface area contributed by atoms with Gasteiger partial charge in [-0.15, -0.1) is 0 Å². The normalized spacial score (nSPS) is 14.3. The largest absolute Gasteiger partial charge is 0.371 e. The molecule has 1 nitrogen and oxygen atoms in total. The molecule has 1 aliphatic rings. The van der Waals surface area contributed by atoms with Gasteiger partial charge in [0.2, 0.25) is 0 Å². The number of benzene rings is 7. The second-order valence-electron chi connectivity index (χ2n) is 13.0.